The number of carbonyl (C=O) groups excluding carboxylic acids is 2. The smallest absolute Gasteiger partial charge is 0.323 e. The minimum Gasteiger partial charge on any atom is -0.480 e. The van der Waals surface area contributed by atoms with Gasteiger partial charge in [-0.3, -0.25) is 19.3 Å². The molecule has 0 bridgehead atoms. The number of amides is 2. The fourth-order valence-electron chi connectivity index (χ4n) is 6.13. The molecule has 2 amide bonds. The quantitative estimate of drug-likeness (QED) is 0.167. The molecule has 0 saturated carbocycles. The van der Waals surface area contributed by atoms with Crippen LogP contribution in [0.3, 0.4) is 0 Å². The summed E-state index contributed by atoms with van der Waals surface area (Å²) in [6, 6.07) is 10.9. The number of rotatable bonds is 20. The summed E-state index contributed by atoms with van der Waals surface area (Å²) in [5.74, 6) is -0.963. The summed E-state index contributed by atoms with van der Waals surface area (Å²) >= 11 is 1.82. The van der Waals surface area contributed by atoms with Gasteiger partial charge in [-0.2, -0.15) is 0 Å². The average molecular weight is 598 g/mol. The highest BCUT2D eigenvalue weighted by atomic mass is 32.1. The van der Waals surface area contributed by atoms with E-state index in [1.807, 2.05) is 23.5 Å². The highest BCUT2D eigenvalue weighted by Crippen LogP contribution is 2.33. The minimum atomic E-state index is -0.978. The van der Waals surface area contributed by atoms with Gasteiger partial charge in [0.1, 0.15) is 6.54 Å². The first-order valence-corrected chi connectivity index (χ1v) is 16.9. The Morgan fingerprint density at radius 1 is 0.952 bits per heavy atom. The van der Waals surface area contributed by atoms with Crippen molar-refractivity contribution in [2.75, 3.05) is 31.6 Å². The van der Waals surface area contributed by atoms with E-state index in [-0.39, 0.29) is 18.4 Å². The van der Waals surface area contributed by atoms with Gasteiger partial charge in [0.05, 0.1) is 0 Å². The standard InChI is InChI=1S/C34H51N3O4S/c1-3-22-36(23-21-29-15-13-24-42-29)28-19-20-30-27(25-28)14-12-16-31(30)37(26-34(40)41)33(39)18-11-9-7-5-4-6-8-10-17-32(38)35-2/h12-16,24,28H,3-11,17-23,25-26H2,1-2H3,(H,35,38)(H,40,41)/t28-/m0/s1. The van der Waals surface area contributed by atoms with Crippen LogP contribution in [-0.2, 0) is 33.6 Å². The summed E-state index contributed by atoms with van der Waals surface area (Å²) in [7, 11) is 1.67. The number of hydrogen-bond acceptors (Lipinski definition) is 5. The van der Waals surface area contributed by atoms with E-state index in [0.29, 0.717) is 18.9 Å². The van der Waals surface area contributed by atoms with Gasteiger partial charge in [-0.25, -0.2) is 0 Å². The normalized spacial score (nSPS) is 14.5. The van der Waals surface area contributed by atoms with Crippen LogP contribution in [-0.4, -0.2) is 60.5 Å². The molecule has 7 nitrogen and oxygen atoms in total. The van der Waals surface area contributed by atoms with Gasteiger partial charge in [-0.1, -0.05) is 63.6 Å². The number of carbonyl (C=O) groups is 3. The second kappa shape index (κ2) is 18.7. The molecule has 0 unspecified atom stereocenters. The maximum Gasteiger partial charge on any atom is 0.323 e. The SMILES string of the molecule is CCCN(CCc1cccs1)[C@H]1CCc2c(cccc2N(CC(=O)O)C(=O)CCCCCCCCCCC(=O)NC)C1. The van der Waals surface area contributed by atoms with Crippen LogP contribution in [0, 0.1) is 0 Å². The zero-order valence-corrected chi connectivity index (χ0v) is 26.6. The molecular weight excluding hydrogens is 546 g/mol. The first kappa shape index (κ1) is 33.8. The Labute approximate surface area is 256 Å². The van der Waals surface area contributed by atoms with Gasteiger partial charge in [0.2, 0.25) is 11.8 Å². The molecule has 8 heteroatoms. The Bertz CT molecular complexity index is 1100. The Hall–Kier alpha value is -2.71. The van der Waals surface area contributed by atoms with Gasteiger partial charge in [0.15, 0.2) is 0 Å². The van der Waals surface area contributed by atoms with Crippen molar-refractivity contribution in [1.82, 2.24) is 10.2 Å². The molecule has 1 atom stereocenters. The number of thiophene rings is 1. The minimum absolute atomic E-state index is 0.0920. The Kier molecular flexibility index (Phi) is 15.1. The predicted octanol–water partition coefficient (Wildman–Crippen LogP) is 6.62. The maximum atomic E-state index is 13.3. The number of aliphatic carboxylic acids is 1. The molecular formula is C34H51N3O4S. The molecule has 1 aromatic carbocycles. The van der Waals surface area contributed by atoms with Crippen molar-refractivity contribution in [1.29, 1.82) is 0 Å². The van der Waals surface area contributed by atoms with E-state index in [2.05, 4.69) is 40.7 Å². The van der Waals surface area contributed by atoms with Gasteiger partial charge in [0, 0.05) is 43.0 Å². The third kappa shape index (κ3) is 11.2. The van der Waals surface area contributed by atoms with Gasteiger partial charge >= 0.3 is 5.97 Å². The Morgan fingerprint density at radius 2 is 1.67 bits per heavy atom. The third-order valence-corrected chi connectivity index (χ3v) is 9.33. The van der Waals surface area contributed by atoms with E-state index in [1.165, 1.54) is 15.3 Å². The predicted molar refractivity (Wildman–Crippen MR) is 172 cm³/mol. The molecule has 1 aliphatic rings. The number of nitrogens with one attached hydrogen (secondary N) is 1. The third-order valence-electron chi connectivity index (χ3n) is 8.39. The van der Waals surface area contributed by atoms with E-state index in [0.717, 1.165) is 108 Å². The summed E-state index contributed by atoms with van der Waals surface area (Å²) in [6.07, 6.45) is 14.2. The molecule has 2 N–H and O–H groups in total. The van der Waals surface area contributed by atoms with Crippen LogP contribution in [0.15, 0.2) is 35.7 Å². The molecule has 232 valence electrons. The number of carboxylic acid groups (broad SMARTS) is 1. The second-order valence-electron chi connectivity index (χ2n) is 11.6. The number of benzene rings is 1. The molecule has 3 rings (SSSR count). The fourth-order valence-corrected chi connectivity index (χ4v) is 6.83. The first-order chi connectivity index (χ1) is 20.4. The van der Waals surface area contributed by atoms with Crippen LogP contribution >= 0.6 is 11.3 Å². The monoisotopic (exact) mass is 597 g/mol. The maximum absolute atomic E-state index is 13.3. The number of anilines is 1. The van der Waals surface area contributed by atoms with E-state index in [1.54, 1.807) is 7.05 Å². The topological polar surface area (TPSA) is 90.0 Å². The Balaban J connectivity index is 1.52. The number of unbranched alkanes of at least 4 members (excludes halogenated alkanes) is 7. The van der Waals surface area contributed by atoms with Crippen LogP contribution in [0.5, 0.6) is 0 Å². The molecule has 0 aliphatic heterocycles. The number of carboxylic acids is 1. The van der Waals surface area contributed by atoms with E-state index >= 15 is 0 Å². The summed E-state index contributed by atoms with van der Waals surface area (Å²) in [5, 5.41) is 14.5. The number of nitrogens with zero attached hydrogens (tertiary/aromatic N) is 2. The van der Waals surface area contributed by atoms with Crippen molar-refractivity contribution in [3.05, 3.63) is 51.7 Å². The molecule has 1 aromatic heterocycles. The lowest BCUT2D eigenvalue weighted by Gasteiger charge is -2.36. The van der Waals surface area contributed by atoms with Crippen LogP contribution < -0.4 is 10.2 Å². The molecule has 42 heavy (non-hydrogen) atoms. The van der Waals surface area contributed by atoms with Gasteiger partial charge < -0.3 is 15.3 Å². The van der Waals surface area contributed by atoms with Gasteiger partial charge in [-0.15, -0.1) is 11.3 Å². The zero-order chi connectivity index (χ0) is 30.2. The van der Waals surface area contributed by atoms with Crippen LogP contribution in [0.25, 0.3) is 0 Å². The summed E-state index contributed by atoms with van der Waals surface area (Å²) in [5.41, 5.74) is 3.18. The highest BCUT2D eigenvalue weighted by Gasteiger charge is 2.28. The van der Waals surface area contributed by atoms with E-state index in [9.17, 15) is 19.5 Å². The van der Waals surface area contributed by atoms with Crippen molar-refractivity contribution in [3.63, 3.8) is 0 Å². The zero-order valence-electron chi connectivity index (χ0n) is 25.7. The fraction of sp³-hybridized carbons (Fsp3) is 0.618. The summed E-state index contributed by atoms with van der Waals surface area (Å²) in [4.78, 5) is 42.0. The molecule has 2 aromatic rings. The number of fused-ring (bicyclic) bond motifs is 1. The molecule has 0 saturated heterocycles. The van der Waals surface area contributed by atoms with Gasteiger partial charge in [0.25, 0.3) is 0 Å². The second-order valence-corrected chi connectivity index (χ2v) is 12.6. The lowest BCUT2D eigenvalue weighted by Crippen LogP contribution is -2.42. The summed E-state index contributed by atoms with van der Waals surface area (Å²) < 4.78 is 0. The molecule has 0 spiro atoms. The Morgan fingerprint density at radius 3 is 2.31 bits per heavy atom. The number of hydrogen-bond donors (Lipinski definition) is 2. The van der Waals surface area contributed by atoms with Crippen LogP contribution in [0.2, 0.25) is 0 Å². The molecule has 1 heterocycles. The molecule has 0 radical (unpaired) electrons. The van der Waals surface area contributed by atoms with Crippen molar-refractivity contribution in [2.45, 2.75) is 109 Å². The van der Waals surface area contributed by atoms with E-state index < -0.39 is 5.97 Å². The van der Waals surface area contributed by atoms with Crippen molar-refractivity contribution in [2.24, 2.45) is 0 Å². The lowest BCUT2D eigenvalue weighted by molar-refractivity contribution is -0.136. The summed E-state index contributed by atoms with van der Waals surface area (Å²) in [6.45, 7) is 4.07. The van der Waals surface area contributed by atoms with Crippen molar-refractivity contribution >= 4 is 34.8 Å². The van der Waals surface area contributed by atoms with Crippen LogP contribution in [0.4, 0.5) is 5.69 Å². The molecule has 0 fully saturated rings. The largest absolute Gasteiger partial charge is 0.480 e. The van der Waals surface area contributed by atoms with E-state index in [4.69, 9.17) is 0 Å². The lowest BCUT2D eigenvalue weighted by atomic mass is 9.85. The average Bonchev–Trinajstić information content (AvgIpc) is 3.52. The van der Waals surface area contributed by atoms with Gasteiger partial charge in [-0.05, 0) is 80.1 Å². The van der Waals surface area contributed by atoms with Crippen molar-refractivity contribution < 1.29 is 19.5 Å². The highest BCUT2D eigenvalue weighted by molar-refractivity contribution is 7.09. The van der Waals surface area contributed by atoms with Crippen LogP contribution in [0.1, 0.15) is 100.0 Å². The van der Waals surface area contributed by atoms with Crippen molar-refractivity contribution in [3.8, 4) is 0 Å². The molecule has 1 aliphatic carbocycles. The first-order valence-electron chi connectivity index (χ1n) is 16.0.